The Morgan fingerprint density at radius 2 is 1.39 bits per heavy atom. The topological polar surface area (TPSA) is 34.1 Å². The molecule has 101 valence electrons. The van der Waals surface area contributed by atoms with Crippen molar-refractivity contribution >= 4 is 41.7 Å². The molecule has 10 heteroatoms. The summed E-state index contributed by atoms with van der Waals surface area (Å²) in [7, 11) is -5.88. The van der Waals surface area contributed by atoms with Crippen LogP contribution in [0.25, 0.3) is 0 Å². The number of hydrogen-bond donors (Lipinski definition) is 0. The lowest BCUT2D eigenvalue weighted by atomic mass is 10.4. The van der Waals surface area contributed by atoms with Crippen LogP contribution in [-0.4, -0.2) is 19.8 Å². The minimum Gasteiger partial charge on any atom is -0.217 e. The van der Waals surface area contributed by atoms with Gasteiger partial charge in [0.1, 0.15) is 0 Å². The Hall–Kier alpha value is -0.220. The van der Waals surface area contributed by atoms with Crippen LogP contribution < -0.4 is 0 Å². The first kappa shape index (κ1) is 15.8. The van der Waals surface area contributed by atoms with E-state index in [1.165, 1.54) is 0 Å². The third-order valence-corrected chi connectivity index (χ3v) is 4.37. The number of alkyl halides is 5. The fraction of sp³-hybridized carbons (Fsp3) is 0.250. The van der Waals surface area contributed by atoms with Crippen LogP contribution in [0.1, 0.15) is 0 Å². The summed E-state index contributed by atoms with van der Waals surface area (Å²) in [5.74, 6) is 0. The van der Waals surface area contributed by atoms with Gasteiger partial charge in [-0.15, -0.1) is 0 Å². The lowest BCUT2D eigenvalue weighted by Crippen LogP contribution is -2.43. The van der Waals surface area contributed by atoms with Crippen molar-refractivity contribution in [3.8, 4) is 0 Å². The second-order valence-corrected chi connectivity index (χ2v) is 6.73. The van der Waals surface area contributed by atoms with Crippen molar-refractivity contribution in [2.45, 2.75) is 16.3 Å². The van der Waals surface area contributed by atoms with Gasteiger partial charge in [0.25, 0.3) is 9.84 Å². The van der Waals surface area contributed by atoms with E-state index in [1.807, 2.05) is 0 Å². The van der Waals surface area contributed by atoms with Crippen molar-refractivity contribution in [2.75, 3.05) is 0 Å². The summed E-state index contributed by atoms with van der Waals surface area (Å²) in [6.45, 7) is 0. The second-order valence-electron chi connectivity index (χ2n) is 3.03. The summed E-state index contributed by atoms with van der Waals surface area (Å²) < 4.78 is 84.4. The first-order valence-corrected chi connectivity index (χ1v) is 7.04. The molecule has 1 aromatic rings. The third-order valence-electron chi connectivity index (χ3n) is 1.75. The van der Waals surface area contributed by atoms with Crippen molar-refractivity contribution < 1.29 is 30.4 Å². The van der Waals surface area contributed by atoms with Crippen molar-refractivity contribution in [1.29, 1.82) is 0 Å². The summed E-state index contributed by atoms with van der Waals surface area (Å²) in [6, 6.07) is 3.64. The maximum Gasteiger partial charge on any atom is 0.469 e. The molecule has 0 aliphatic rings. The van der Waals surface area contributed by atoms with Crippen LogP contribution in [0, 0.1) is 6.07 Å². The lowest BCUT2D eigenvalue weighted by molar-refractivity contribution is -0.241. The van der Waals surface area contributed by atoms with E-state index in [-0.39, 0.29) is 8.95 Å². The maximum absolute atomic E-state index is 12.9. The van der Waals surface area contributed by atoms with Gasteiger partial charge < -0.3 is 0 Å². The van der Waals surface area contributed by atoms with E-state index in [1.54, 1.807) is 0 Å². The zero-order valence-electron chi connectivity index (χ0n) is 8.03. The summed E-state index contributed by atoms with van der Waals surface area (Å²) in [6.07, 6.45) is -6.19. The first-order valence-electron chi connectivity index (χ1n) is 3.97. The highest BCUT2D eigenvalue weighted by Gasteiger charge is 2.67. The molecule has 0 aliphatic carbocycles. The van der Waals surface area contributed by atoms with E-state index in [2.05, 4.69) is 37.9 Å². The van der Waals surface area contributed by atoms with Crippen molar-refractivity contribution in [3.63, 3.8) is 0 Å². The Balaban J connectivity index is 3.48. The van der Waals surface area contributed by atoms with Gasteiger partial charge in [-0.25, -0.2) is 8.42 Å². The average Bonchev–Trinajstić information content (AvgIpc) is 2.13. The van der Waals surface area contributed by atoms with Crippen LogP contribution in [0.15, 0.2) is 26.0 Å². The largest absolute Gasteiger partial charge is 0.469 e. The Morgan fingerprint density at radius 3 is 1.72 bits per heavy atom. The predicted octanol–water partition coefficient (Wildman–Crippen LogP) is 3.94. The molecule has 0 bridgehead atoms. The molecule has 0 unspecified atom stereocenters. The molecule has 0 fully saturated rings. The molecule has 0 aliphatic heterocycles. The molecule has 0 spiro atoms. The van der Waals surface area contributed by atoms with Crippen LogP contribution in [0.2, 0.25) is 0 Å². The maximum atomic E-state index is 12.9. The van der Waals surface area contributed by atoms with Gasteiger partial charge in [0.2, 0.25) is 0 Å². The molecule has 1 radical (unpaired) electrons. The Bertz CT molecular complexity index is 547. The highest BCUT2D eigenvalue weighted by atomic mass is 79.9. The first-order chi connectivity index (χ1) is 7.89. The smallest absolute Gasteiger partial charge is 0.217 e. The van der Waals surface area contributed by atoms with Gasteiger partial charge in [-0.05, 0) is 12.1 Å². The van der Waals surface area contributed by atoms with Crippen LogP contribution >= 0.6 is 31.9 Å². The number of sulfone groups is 1. The molecule has 0 N–H and O–H groups in total. The lowest BCUT2D eigenvalue weighted by Gasteiger charge is -2.19. The zero-order chi connectivity index (χ0) is 14.4. The molecule has 0 amide bonds. The van der Waals surface area contributed by atoms with E-state index in [0.29, 0.717) is 12.1 Å². The summed E-state index contributed by atoms with van der Waals surface area (Å²) in [5.41, 5.74) is 0. The molecule has 0 aromatic heterocycles. The van der Waals surface area contributed by atoms with Gasteiger partial charge in [-0.1, -0.05) is 31.9 Å². The second kappa shape index (κ2) is 4.71. The molecule has 0 atom stereocenters. The fourth-order valence-electron chi connectivity index (χ4n) is 0.933. The van der Waals surface area contributed by atoms with Crippen molar-refractivity contribution in [1.82, 2.24) is 0 Å². The molecule has 18 heavy (non-hydrogen) atoms. The highest BCUT2D eigenvalue weighted by Crippen LogP contribution is 2.43. The number of rotatable bonds is 2. The van der Waals surface area contributed by atoms with Gasteiger partial charge in [0.05, 0.1) is 4.90 Å². The van der Waals surface area contributed by atoms with E-state index in [0.717, 1.165) is 0 Å². The number of hydrogen-bond acceptors (Lipinski definition) is 2. The van der Waals surface area contributed by atoms with Crippen molar-refractivity contribution in [2.24, 2.45) is 0 Å². The predicted molar refractivity (Wildman–Crippen MR) is 58.9 cm³/mol. The molecular formula is C8H2Br2F5O2S. The Kier molecular flexibility index (Phi) is 4.15. The van der Waals surface area contributed by atoms with Crippen LogP contribution in [0.3, 0.4) is 0 Å². The fourth-order valence-corrected chi connectivity index (χ4v) is 3.57. The minimum absolute atomic E-state index is 0.0755. The molecule has 0 saturated heterocycles. The molecule has 0 saturated carbocycles. The van der Waals surface area contributed by atoms with Gasteiger partial charge in [-0.3, -0.25) is 0 Å². The molecule has 1 aromatic carbocycles. The molecule has 1 rings (SSSR count). The highest BCUT2D eigenvalue weighted by molar-refractivity contribution is 9.11. The minimum atomic E-state index is -6.19. The summed E-state index contributed by atoms with van der Waals surface area (Å²) >= 11 is 5.49. The van der Waals surface area contributed by atoms with Gasteiger partial charge >= 0.3 is 11.4 Å². The zero-order valence-corrected chi connectivity index (χ0v) is 12.0. The average molecular weight is 417 g/mol. The van der Waals surface area contributed by atoms with E-state index < -0.39 is 26.2 Å². The normalized spacial score (nSPS) is 13.7. The van der Waals surface area contributed by atoms with Gasteiger partial charge in [0, 0.05) is 15.0 Å². The van der Waals surface area contributed by atoms with Crippen LogP contribution in [-0.2, 0) is 9.84 Å². The van der Waals surface area contributed by atoms with E-state index in [4.69, 9.17) is 0 Å². The van der Waals surface area contributed by atoms with Gasteiger partial charge in [0.15, 0.2) is 0 Å². The van der Waals surface area contributed by atoms with E-state index in [9.17, 15) is 30.4 Å². The summed E-state index contributed by atoms with van der Waals surface area (Å²) in [5, 5.41) is -5.86. The molecule has 0 heterocycles. The van der Waals surface area contributed by atoms with Crippen molar-refractivity contribution in [3.05, 3.63) is 27.1 Å². The third kappa shape index (κ3) is 2.69. The van der Waals surface area contributed by atoms with Crippen LogP contribution in [0.5, 0.6) is 0 Å². The molecule has 2 nitrogen and oxygen atoms in total. The monoisotopic (exact) mass is 415 g/mol. The van der Waals surface area contributed by atoms with Gasteiger partial charge in [-0.2, -0.15) is 22.0 Å². The summed E-state index contributed by atoms with van der Waals surface area (Å²) in [4.78, 5) is -1.16. The standard InChI is InChI=1S/C8H2Br2F5O2S/c9-4-1-5(10)3-6(2-4)18(16,17)8(14,15)7(11,12)13/h2-3H. The Morgan fingerprint density at radius 1 is 1.00 bits per heavy atom. The van der Waals surface area contributed by atoms with E-state index >= 15 is 0 Å². The quantitative estimate of drug-likeness (QED) is 0.684. The Labute approximate surface area is 115 Å². The number of halogens is 7. The number of benzene rings is 1. The van der Waals surface area contributed by atoms with Crippen LogP contribution in [0.4, 0.5) is 22.0 Å². The molecular weight excluding hydrogens is 415 g/mol. The SMILES string of the molecule is O=S(=O)(c1cc(Br)[c]c(Br)c1)C(F)(F)C(F)(F)F.